The van der Waals surface area contributed by atoms with E-state index in [1.54, 1.807) is 0 Å². The minimum absolute atomic E-state index is 0.574. The predicted molar refractivity (Wildman–Crippen MR) is 29.9 cm³/mol. The number of nitrogens with zero attached hydrogens (tertiary/aromatic N) is 1. The Morgan fingerprint density at radius 1 is 1.78 bits per heavy atom. The summed E-state index contributed by atoms with van der Waals surface area (Å²) < 4.78 is 0. The van der Waals surface area contributed by atoms with Crippen LogP contribution in [-0.2, 0) is 4.79 Å². The van der Waals surface area contributed by atoms with Crippen LogP contribution < -0.4 is 5.73 Å². The van der Waals surface area contributed by atoms with Gasteiger partial charge in [0.2, 0.25) is 5.78 Å². The summed E-state index contributed by atoms with van der Waals surface area (Å²) in [5.41, 5.74) is 4.18. The zero-order valence-corrected chi connectivity index (χ0v) is 4.83. The molecular formula is C4H6N2O3. The van der Waals surface area contributed by atoms with E-state index in [0.29, 0.717) is 6.20 Å². The summed E-state index contributed by atoms with van der Waals surface area (Å²) in [5.74, 6) is -0.637. The van der Waals surface area contributed by atoms with E-state index < -0.39 is 16.4 Å². The van der Waals surface area contributed by atoms with E-state index in [1.165, 1.54) is 0 Å². The van der Waals surface area contributed by atoms with E-state index in [1.807, 2.05) is 0 Å². The second-order valence-electron chi connectivity index (χ2n) is 1.37. The molecule has 0 aromatic carbocycles. The topological polar surface area (TPSA) is 86.2 Å². The highest BCUT2D eigenvalue weighted by atomic mass is 16.6. The number of hydrogen-bond acceptors (Lipinski definition) is 4. The summed E-state index contributed by atoms with van der Waals surface area (Å²) in [6, 6.07) is 0. The first-order valence-corrected chi connectivity index (χ1v) is 2.16. The van der Waals surface area contributed by atoms with Crippen LogP contribution in [0.25, 0.3) is 0 Å². The summed E-state index contributed by atoms with van der Waals surface area (Å²) in [5, 5.41) is 9.81. The lowest BCUT2D eigenvalue weighted by molar-refractivity contribution is -0.418. The molecule has 0 saturated carbocycles. The molecule has 0 spiro atoms. The third-order valence-electron chi connectivity index (χ3n) is 0.715. The third-order valence-corrected chi connectivity index (χ3v) is 0.715. The van der Waals surface area contributed by atoms with Gasteiger partial charge >= 0.3 is 5.70 Å². The van der Waals surface area contributed by atoms with Gasteiger partial charge in [0.25, 0.3) is 0 Å². The second kappa shape index (κ2) is 2.81. The number of ketones is 1. The highest BCUT2D eigenvalue weighted by Crippen LogP contribution is 1.92. The van der Waals surface area contributed by atoms with Crippen LogP contribution in [0.2, 0.25) is 0 Å². The van der Waals surface area contributed by atoms with Gasteiger partial charge in [0.1, 0.15) is 0 Å². The van der Waals surface area contributed by atoms with Crippen molar-refractivity contribution in [2.45, 2.75) is 6.92 Å². The molecule has 0 atom stereocenters. The van der Waals surface area contributed by atoms with Crippen molar-refractivity contribution in [1.29, 1.82) is 0 Å². The van der Waals surface area contributed by atoms with Gasteiger partial charge in [0.15, 0.2) is 0 Å². The van der Waals surface area contributed by atoms with Crippen LogP contribution in [0.1, 0.15) is 6.92 Å². The van der Waals surface area contributed by atoms with Crippen LogP contribution in [0.4, 0.5) is 0 Å². The average Bonchev–Trinajstić information content (AvgIpc) is 1.64. The maximum absolute atomic E-state index is 10.2. The highest BCUT2D eigenvalue weighted by molar-refractivity contribution is 5.90. The largest absolute Gasteiger partial charge is 0.399 e. The Labute approximate surface area is 51.3 Å². The fourth-order valence-electron chi connectivity index (χ4n) is 0.307. The third kappa shape index (κ3) is 1.89. The van der Waals surface area contributed by atoms with Crippen molar-refractivity contribution >= 4 is 5.78 Å². The molecule has 0 rings (SSSR count). The van der Waals surface area contributed by atoms with E-state index >= 15 is 0 Å². The quantitative estimate of drug-likeness (QED) is 0.314. The van der Waals surface area contributed by atoms with Gasteiger partial charge in [0, 0.05) is 6.92 Å². The van der Waals surface area contributed by atoms with Gasteiger partial charge in [-0.05, 0) is 0 Å². The normalized spacial score (nSPS) is 11.0. The average molecular weight is 130 g/mol. The van der Waals surface area contributed by atoms with Crippen molar-refractivity contribution in [1.82, 2.24) is 0 Å². The molecule has 2 N–H and O–H groups in total. The Morgan fingerprint density at radius 2 is 2.22 bits per heavy atom. The molecule has 0 aromatic heterocycles. The van der Waals surface area contributed by atoms with Crippen LogP contribution in [0.3, 0.4) is 0 Å². The van der Waals surface area contributed by atoms with Gasteiger partial charge in [-0.15, -0.1) is 0 Å². The van der Waals surface area contributed by atoms with E-state index in [9.17, 15) is 14.9 Å². The summed E-state index contributed by atoms with van der Waals surface area (Å²) in [7, 11) is 0. The van der Waals surface area contributed by atoms with E-state index in [2.05, 4.69) is 0 Å². The van der Waals surface area contributed by atoms with Gasteiger partial charge in [0.05, 0.1) is 11.1 Å². The number of nitrogens with two attached hydrogens (primary N) is 1. The molecule has 0 bridgehead atoms. The lowest BCUT2D eigenvalue weighted by Crippen LogP contribution is -2.09. The summed E-state index contributed by atoms with van der Waals surface area (Å²) in [4.78, 5) is 19.2. The summed E-state index contributed by atoms with van der Waals surface area (Å²) >= 11 is 0. The predicted octanol–water partition coefficient (Wildman–Crippen LogP) is -0.348. The molecule has 0 unspecified atom stereocenters. The van der Waals surface area contributed by atoms with Gasteiger partial charge in [-0.3, -0.25) is 14.9 Å². The van der Waals surface area contributed by atoms with Gasteiger partial charge < -0.3 is 5.73 Å². The van der Waals surface area contributed by atoms with Gasteiger partial charge in [-0.1, -0.05) is 0 Å². The summed E-state index contributed by atoms with van der Waals surface area (Å²) in [6.07, 6.45) is 0.683. The van der Waals surface area contributed by atoms with Crippen molar-refractivity contribution in [3.8, 4) is 0 Å². The Hall–Kier alpha value is -1.39. The maximum Gasteiger partial charge on any atom is 0.326 e. The van der Waals surface area contributed by atoms with Crippen LogP contribution in [0.5, 0.6) is 0 Å². The second-order valence-corrected chi connectivity index (χ2v) is 1.37. The Kier molecular flexibility index (Phi) is 2.37. The lowest BCUT2D eigenvalue weighted by atomic mass is 10.3. The Balaban J connectivity index is 4.38. The number of carbonyl (C=O) groups excluding carboxylic acids is 1. The van der Waals surface area contributed by atoms with Crippen molar-refractivity contribution in [3.63, 3.8) is 0 Å². The van der Waals surface area contributed by atoms with Crippen molar-refractivity contribution < 1.29 is 9.72 Å². The molecule has 0 fully saturated rings. The SMILES string of the molecule is CC(=O)C(=CN)[N+](=O)[O-]. The molecule has 0 aromatic rings. The van der Waals surface area contributed by atoms with Crippen LogP contribution in [-0.4, -0.2) is 10.7 Å². The molecule has 0 aliphatic carbocycles. The smallest absolute Gasteiger partial charge is 0.326 e. The molecule has 0 radical (unpaired) electrons. The number of hydrogen-bond donors (Lipinski definition) is 1. The van der Waals surface area contributed by atoms with Crippen molar-refractivity contribution in [2.24, 2.45) is 5.73 Å². The van der Waals surface area contributed by atoms with Crippen molar-refractivity contribution in [3.05, 3.63) is 22.0 Å². The van der Waals surface area contributed by atoms with E-state index in [0.717, 1.165) is 6.92 Å². The first-order chi connectivity index (χ1) is 4.09. The van der Waals surface area contributed by atoms with Gasteiger partial charge in [-0.25, -0.2) is 0 Å². The minimum Gasteiger partial charge on any atom is -0.399 e. The molecule has 0 aliphatic heterocycles. The molecule has 50 valence electrons. The number of carbonyl (C=O) groups is 1. The van der Waals surface area contributed by atoms with Crippen LogP contribution >= 0.6 is 0 Å². The highest BCUT2D eigenvalue weighted by Gasteiger charge is 2.14. The Morgan fingerprint density at radius 3 is 2.22 bits per heavy atom. The van der Waals surface area contributed by atoms with E-state index in [4.69, 9.17) is 5.73 Å². The molecule has 9 heavy (non-hydrogen) atoms. The first-order valence-electron chi connectivity index (χ1n) is 2.16. The molecule has 0 saturated heterocycles. The maximum atomic E-state index is 10.2. The Bertz CT molecular complexity index is 157. The summed E-state index contributed by atoms with van der Waals surface area (Å²) in [6.45, 7) is 1.08. The fourth-order valence-corrected chi connectivity index (χ4v) is 0.307. The van der Waals surface area contributed by atoms with Crippen LogP contribution in [0, 0.1) is 10.1 Å². The fraction of sp³-hybridized carbons (Fsp3) is 0.250. The molecule has 5 nitrogen and oxygen atoms in total. The monoisotopic (exact) mass is 130 g/mol. The number of rotatable bonds is 2. The zero-order chi connectivity index (χ0) is 7.44. The number of Topliss-reactive ketones (excluding diaryl/α,β-unsaturated/α-hetero) is 1. The van der Waals surface area contributed by atoms with E-state index in [-0.39, 0.29) is 0 Å². The zero-order valence-electron chi connectivity index (χ0n) is 4.83. The van der Waals surface area contributed by atoms with Gasteiger partial charge in [-0.2, -0.15) is 0 Å². The molecule has 5 heteroatoms. The minimum atomic E-state index is -0.817. The van der Waals surface area contributed by atoms with Crippen LogP contribution in [0.15, 0.2) is 11.9 Å². The molecule has 0 aliphatic rings. The lowest BCUT2D eigenvalue weighted by Gasteiger charge is -1.87. The standard InChI is InChI=1S/C4H6N2O3/c1-3(7)4(2-5)6(8)9/h2H,5H2,1H3. The molecular weight excluding hydrogens is 124 g/mol. The molecule has 0 heterocycles. The van der Waals surface area contributed by atoms with Crippen molar-refractivity contribution in [2.75, 3.05) is 0 Å². The molecule has 0 amide bonds. The number of nitro groups is 1. The first kappa shape index (κ1) is 7.61. The number of allylic oxidation sites excluding steroid dienone is 1.